The second-order valence-electron chi connectivity index (χ2n) is 8.18. The van der Waals surface area contributed by atoms with Gasteiger partial charge in [-0.1, -0.05) is 30.3 Å². The number of carbonyl (C=O) groups is 1. The number of aliphatic imine (C=N–C) groups is 1. The lowest BCUT2D eigenvalue weighted by Crippen LogP contribution is -2.35. The van der Waals surface area contributed by atoms with Crippen molar-refractivity contribution in [1.29, 1.82) is 5.41 Å². The maximum Gasteiger partial charge on any atom is 0.283 e. The fourth-order valence-corrected chi connectivity index (χ4v) is 4.93. The lowest BCUT2D eigenvalue weighted by atomic mass is 10.1. The topological polar surface area (TPSA) is 92.3 Å². The number of hydrogen-bond acceptors (Lipinski definition) is 6. The number of rotatable bonds is 7. The van der Waals surface area contributed by atoms with E-state index in [1.807, 2.05) is 81.4 Å². The summed E-state index contributed by atoms with van der Waals surface area (Å²) in [7, 11) is 0. The fourth-order valence-electron chi connectivity index (χ4n) is 4.13. The average molecular weight is 500 g/mol. The van der Waals surface area contributed by atoms with Crippen LogP contribution in [0.15, 0.2) is 76.3 Å². The lowest BCUT2D eigenvalue weighted by Gasteiger charge is -2.20. The molecule has 1 amide bonds. The number of thioether (sulfide) groups is 1. The molecule has 0 spiro atoms. The molecule has 182 valence electrons. The van der Waals surface area contributed by atoms with Crippen molar-refractivity contribution >= 4 is 39.8 Å². The van der Waals surface area contributed by atoms with Crippen LogP contribution in [0.5, 0.6) is 11.5 Å². The number of fused-ring (bicyclic) bond motifs is 1. The van der Waals surface area contributed by atoms with Crippen molar-refractivity contribution in [2.75, 3.05) is 13.2 Å². The van der Waals surface area contributed by atoms with Crippen molar-refractivity contribution in [2.45, 2.75) is 20.8 Å². The number of nitrogens with zero attached hydrogens (tertiary/aromatic N) is 4. The first-order chi connectivity index (χ1) is 17.5. The largest absolute Gasteiger partial charge is 0.492 e. The minimum absolute atomic E-state index is 0.00766. The standard InChI is InChI=1S/C27H25N5O3S/c1-4-34-23-13-9-8-12-22(23)31-17(2)14-19(18(31)3)15-21-25(28)32-27(29-26(21)33)36-24(30-32)16-35-20-10-6-5-7-11-20/h5-15,28H,4,16H2,1-3H3/b21-15+,28-25?. The van der Waals surface area contributed by atoms with Gasteiger partial charge >= 0.3 is 0 Å². The molecule has 0 bridgehead atoms. The van der Waals surface area contributed by atoms with Crippen LogP contribution >= 0.6 is 11.8 Å². The minimum Gasteiger partial charge on any atom is -0.492 e. The van der Waals surface area contributed by atoms with E-state index >= 15 is 0 Å². The minimum atomic E-state index is -0.460. The summed E-state index contributed by atoms with van der Waals surface area (Å²) in [5.41, 5.74) is 3.85. The Bertz CT molecular complexity index is 1440. The number of benzene rings is 2. The van der Waals surface area contributed by atoms with E-state index in [4.69, 9.17) is 14.9 Å². The summed E-state index contributed by atoms with van der Waals surface area (Å²) in [5, 5.41) is 15.6. The predicted octanol–water partition coefficient (Wildman–Crippen LogP) is 5.19. The smallest absolute Gasteiger partial charge is 0.283 e. The van der Waals surface area contributed by atoms with Crippen LogP contribution in [0.1, 0.15) is 23.9 Å². The highest BCUT2D eigenvalue weighted by atomic mass is 32.2. The van der Waals surface area contributed by atoms with E-state index < -0.39 is 5.91 Å². The molecule has 1 N–H and O–H groups in total. The predicted molar refractivity (Wildman–Crippen MR) is 143 cm³/mol. The Labute approximate surface area is 213 Å². The molecule has 3 heterocycles. The molecule has 8 nitrogen and oxygen atoms in total. The van der Waals surface area contributed by atoms with Crippen LogP contribution in [-0.4, -0.2) is 44.7 Å². The molecule has 0 aliphatic carbocycles. The quantitative estimate of drug-likeness (QED) is 0.452. The van der Waals surface area contributed by atoms with Crippen molar-refractivity contribution in [3.8, 4) is 17.2 Å². The van der Waals surface area contributed by atoms with E-state index in [2.05, 4.69) is 14.7 Å². The average Bonchev–Trinajstić information content (AvgIpc) is 3.41. The van der Waals surface area contributed by atoms with Crippen LogP contribution < -0.4 is 9.47 Å². The molecule has 0 atom stereocenters. The SMILES string of the molecule is CCOc1ccccc1-n1c(C)cc(/C=C2\C(=N)N3N=C(COc4ccccc4)SC3=NC2=O)c1C. The van der Waals surface area contributed by atoms with Gasteiger partial charge in [0.05, 0.1) is 17.9 Å². The highest BCUT2D eigenvalue weighted by molar-refractivity contribution is 8.27. The van der Waals surface area contributed by atoms with Crippen LogP contribution in [-0.2, 0) is 4.79 Å². The molecule has 0 radical (unpaired) electrons. The van der Waals surface area contributed by atoms with Crippen molar-refractivity contribution < 1.29 is 14.3 Å². The van der Waals surface area contributed by atoms with Gasteiger partial charge in [0.15, 0.2) is 5.84 Å². The molecule has 1 aromatic heterocycles. The number of hydrazone groups is 1. The Balaban J connectivity index is 1.42. The highest BCUT2D eigenvalue weighted by Crippen LogP contribution is 2.32. The van der Waals surface area contributed by atoms with Crippen molar-refractivity contribution in [1.82, 2.24) is 9.58 Å². The Kier molecular flexibility index (Phi) is 6.47. The zero-order valence-electron chi connectivity index (χ0n) is 20.2. The number of nitrogens with one attached hydrogen (secondary N) is 1. The van der Waals surface area contributed by atoms with E-state index in [1.165, 1.54) is 16.8 Å². The molecule has 2 aromatic carbocycles. The van der Waals surface area contributed by atoms with Gasteiger partial charge in [0.1, 0.15) is 23.1 Å². The number of aryl methyl sites for hydroxylation is 1. The van der Waals surface area contributed by atoms with Crippen molar-refractivity contribution in [2.24, 2.45) is 10.1 Å². The first-order valence-electron chi connectivity index (χ1n) is 11.5. The molecular weight excluding hydrogens is 474 g/mol. The third kappa shape index (κ3) is 4.45. The maximum absolute atomic E-state index is 12.9. The Morgan fingerprint density at radius 2 is 1.81 bits per heavy atom. The second-order valence-corrected chi connectivity index (χ2v) is 9.22. The van der Waals surface area contributed by atoms with Crippen molar-refractivity contribution in [3.63, 3.8) is 0 Å². The van der Waals surface area contributed by atoms with Gasteiger partial charge in [-0.05, 0) is 74.5 Å². The van der Waals surface area contributed by atoms with Gasteiger partial charge in [-0.3, -0.25) is 10.2 Å². The number of amides is 1. The third-order valence-electron chi connectivity index (χ3n) is 5.78. The molecule has 3 aromatic rings. The maximum atomic E-state index is 12.9. The normalized spacial score (nSPS) is 16.2. The Morgan fingerprint density at radius 1 is 1.06 bits per heavy atom. The first-order valence-corrected chi connectivity index (χ1v) is 12.4. The summed E-state index contributed by atoms with van der Waals surface area (Å²) >= 11 is 1.24. The van der Waals surface area contributed by atoms with E-state index in [1.54, 1.807) is 6.08 Å². The summed E-state index contributed by atoms with van der Waals surface area (Å²) < 4.78 is 13.7. The first kappa shape index (κ1) is 23.6. The fraction of sp³-hybridized carbons (Fsp3) is 0.185. The number of ether oxygens (including phenoxy) is 2. The number of aromatic nitrogens is 1. The Hall–Kier alpha value is -4.11. The summed E-state index contributed by atoms with van der Waals surface area (Å²) in [6.45, 7) is 6.73. The van der Waals surface area contributed by atoms with Crippen LogP contribution in [0.4, 0.5) is 0 Å². The van der Waals surface area contributed by atoms with Crippen LogP contribution in [0.2, 0.25) is 0 Å². The van der Waals surface area contributed by atoms with Gasteiger partial charge in [-0.15, -0.1) is 0 Å². The van der Waals surface area contributed by atoms with Gasteiger partial charge in [0.25, 0.3) is 5.91 Å². The van der Waals surface area contributed by atoms with Crippen molar-refractivity contribution in [3.05, 3.63) is 83.2 Å². The molecule has 0 saturated heterocycles. The zero-order chi connectivity index (χ0) is 25.2. The summed E-state index contributed by atoms with van der Waals surface area (Å²) in [6, 6.07) is 19.3. The van der Waals surface area contributed by atoms with Gasteiger partial charge in [0, 0.05) is 11.4 Å². The van der Waals surface area contributed by atoms with Crippen LogP contribution in [0.3, 0.4) is 0 Å². The highest BCUT2D eigenvalue weighted by Gasteiger charge is 2.36. The van der Waals surface area contributed by atoms with E-state index in [0.29, 0.717) is 16.8 Å². The molecule has 0 saturated carbocycles. The molecule has 9 heteroatoms. The molecule has 0 unspecified atom stereocenters. The van der Waals surface area contributed by atoms with Gasteiger partial charge < -0.3 is 14.0 Å². The van der Waals surface area contributed by atoms with Crippen LogP contribution in [0.25, 0.3) is 11.8 Å². The molecule has 36 heavy (non-hydrogen) atoms. The molecule has 0 fully saturated rings. The number of amidine groups is 2. The zero-order valence-corrected chi connectivity index (χ0v) is 21.0. The number of hydrogen-bond donors (Lipinski definition) is 1. The van der Waals surface area contributed by atoms with Gasteiger partial charge in [0.2, 0.25) is 5.17 Å². The van der Waals surface area contributed by atoms with Crippen LogP contribution in [0, 0.1) is 19.3 Å². The van der Waals surface area contributed by atoms with Gasteiger partial charge in [-0.2, -0.15) is 15.1 Å². The monoisotopic (exact) mass is 499 g/mol. The Morgan fingerprint density at radius 3 is 2.58 bits per heavy atom. The molecule has 2 aliphatic heterocycles. The third-order valence-corrected chi connectivity index (χ3v) is 6.66. The molecule has 2 aliphatic rings. The van der Waals surface area contributed by atoms with E-state index in [0.717, 1.165) is 34.1 Å². The lowest BCUT2D eigenvalue weighted by molar-refractivity contribution is -0.114. The number of carbonyl (C=O) groups excluding carboxylic acids is 1. The van der Waals surface area contributed by atoms with E-state index in [9.17, 15) is 4.79 Å². The molecule has 5 rings (SSSR count). The number of para-hydroxylation sites is 3. The summed E-state index contributed by atoms with van der Waals surface area (Å²) in [6.07, 6.45) is 1.71. The second kappa shape index (κ2) is 9.87. The van der Waals surface area contributed by atoms with E-state index in [-0.39, 0.29) is 18.0 Å². The summed E-state index contributed by atoms with van der Waals surface area (Å²) in [5.74, 6) is 1.04. The molecular formula is C27H25N5O3S. The van der Waals surface area contributed by atoms with Gasteiger partial charge in [-0.25, -0.2) is 0 Å². The summed E-state index contributed by atoms with van der Waals surface area (Å²) in [4.78, 5) is 17.1.